The number of hydrogen-bond acceptors (Lipinski definition) is 3. The molecule has 0 aliphatic heterocycles. The number of nitrogens with zero attached hydrogens (tertiary/aromatic N) is 1. The fourth-order valence-corrected chi connectivity index (χ4v) is 0.332. The smallest absolute Gasteiger partial charge is 0.302 e. The molecule has 3 heteroatoms. The highest BCUT2D eigenvalue weighted by Crippen LogP contribution is 1.85. The van der Waals surface area contributed by atoms with Crippen LogP contribution < -0.4 is 0 Å². The van der Waals surface area contributed by atoms with Crippen LogP contribution >= 0.6 is 0 Å². The van der Waals surface area contributed by atoms with E-state index in [-0.39, 0.29) is 12.1 Å². The third-order valence-electron chi connectivity index (χ3n) is 0.402. The van der Waals surface area contributed by atoms with Crippen molar-refractivity contribution >= 4 is 5.97 Å². The molecule has 0 rings (SSSR count). The summed E-state index contributed by atoms with van der Waals surface area (Å²) in [7, 11) is 0. The second-order valence-corrected chi connectivity index (χ2v) is 1.88. The molecule has 0 spiro atoms. The summed E-state index contributed by atoms with van der Waals surface area (Å²) in [6.07, 6.45) is 0.0255. The zero-order valence-corrected chi connectivity index (χ0v) is 6.84. The standard InChI is InChI=1S/C5H10O2.C2H3N/c1-4(2)7-5(3)6;1-2-3/h4H,1-3H3;1H3. The molecule has 0 radical (unpaired) electrons. The summed E-state index contributed by atoms with van der Waals surface area (Å²) >= 11 is 0. The topological polar surface area (TPSA) is 50.1 Å². The average molecular weight is 143 g/mol. The SMILES string of the molecule is CC#N.CC(=O)OC(C)C. The number of nitriles is 1. The minimum atomic E-state index is -0.213. The van der Waals surface area contributed by atoms with Crippen LogP contribution in [0.2, 0.25) is 0 Å². The molecule has 0 aromatic carbocycles. The van der Waals surface area contributed by atoms with E-state index in [1.807, 2.05) is 13.8 Å². The normalized spacial score (nSPS) is 7.20. The molecular weight excluding hydrogens is 130 g/mol. The summed E-state index contributed by atoms with van der Waals surface area (Å²) in [5.74, 6) is -0.213. The minimum Gasteiger partial charge on any atom is -0.463 e. The molecule has 0 unspecified atom stereocenters. The largest absolute Gasteiger partial charge is 0.463 e. The van der Waals surface area contributed by atoms with Gasteiger partial charge in [0.15, 0.2) is 0 Å². The number of ether oxygens (including phenoxy) is 1. The maximum absolute atomic E-state index is 10.0. The zero-order valence-electron chi connectivity index (χ0n) is 6.84. The van der Waals surface area contributed by atoms with Crippen LogP contribution in [0.5, 0.6) is 0 Å². The first-order valence-corrected chi connectivity index (χ1v) is 3.02. The van der Waals surface area contributed by atoms with Crippen molar-refractivity contribution in [3.63, 3.8) is 0 Å². The summed E-state index contributed by atoms with van der Waals surface area (Å²) in [6, 6.07) is 1.75. The van der Waals surface area contributed by atoms with Gasteiger partial charge in [-0.3, -0.25) is 4.79 Å². The van der Waals surface area contributed by atoms with Gasteiger partial charge in [-0.2, -0.15) is 5.26 Å². The van der Waals surface area contributed by atoms with Gasteiger partial charge in [0.2, 0.25) is 0 Å². The van der Waals surface area contributed by atoms with Gasteiger partial charge >= 0.3 is 5.97 Å². The number of carbonyl (C=O) groups is 1. The molecule has 10 heavy (non-hydrogen) atoms. The van der Waals surface area contributed by atoms with Crippen LogP contribution in [0.4, 0.5) is 0 Å². The van der Waals surface area contributed by atoms with Crippen LogP contribution in [0.3, 0.4) is 0 Å². The summed E-state index contributed by atoms with van der Waals surface area (Å²) in [5.41, 5.74) is 0. The Bertz CT molecular complexity index is 124. The molecule has 0 heterocycles. The molecule has 0 saturated heterocycles. The molecule has 0 fully saturated rings. The number of rotatable bonds is 1. The van der Waals surface area contributed by atoms with E-state index in [2.05, 4.69) is 4.74 Å². The lowest BCUT2D eigenvalue weighted by Crippen LogP contribution is -2.06. The maximum Gasteiger partial charge on any atom is 0.302 e. The molecule has 0 aromatic rings. The van der Waals surface area contributed by atoms with E-state index in [1.165, 1.54) is 13.8 Å². The Morgan fingerprint density at radius 1 is 1.60 bits per heavy atom. The first-order chi connectivity index (χ1) is 4.54. The van der Waals surface area contributed by atoms with Crippen LogP contribution in [0.25, 0.3) is 0 Å². The monoisotopic (exact) mass is 143 g/mol. The number of esters is 1. The van der Waals surface area contributed by atoms with Gasteiger partial charge in [0, 0.05) is 13.8 Å². The van der Waals surface area contributed by atoms with Gasteiger partial charge in [0.05, 0.1) is 12.2 Å². The van der Waals surface area contributed by atoms with Gasteiger partial charge in [-0.15, -0.1) is 0 Å². The molecule has 0 saturated carbocycles. The maximum atomic E-state index is 10.0. The highest BCUT2D eigenvalue weighted by molar-refractivity contribution is 5.66. The van der Waals surface area contributed by atoms with E-state index < -0.39 is 0 Å². The predicted molar refractivity (Wildman–Crippen MR) is 38.2 cm³/mol. The Morgan fingerprint density at radius 3 is 1.90 bits per heavy atom. The van der Waals surface area contributed by atoms with Crippen LogP contribution in [0.15, 0.2) is 0 Å². The lowest BCUT2D eigenvalue weighted by molar-refractivity contribution is -0.144. The van der Waals surface area contributed by atoms with Crippen molar-refractivity contribution in [3.8, 4) is 6.07 Å². The first kappa shape index (κ1) is 11.7. The molecule has 3 nitrogen and oxygen atoms in total. The van der Waals surface area contributed by atoms with E-state index in [1.54, 1.807) is 6.07 Å². The summed E-state index contributed by atoms with van der Waals surface area (Å²) < 4.78 is 4.61. The van der Waals surface area contributed by atoms with E-state index in [9.17, 15) is 4.79 Å². The molecule has 0 bridgehead atoms. The van der Waals surface area contributed by atoms with Crippen LogP contribution in [-0.2, 0) is 9.53 Å². The van der Waals surface area contributed by atoms with E-state index in [4.69, 9.17) is 5.26 Å². The Morgan fingerprint density at radius 2 is 1.90 bits per heavy atom. The van der Waals surface area contributed by atoms with Gasteiger partial charge in [-0.25, -0.2) is 0 Å². The first-order valence-electron chi connectivity index (χ1n) is 3.02. The van der Waals surface area contributed by atoms with Crippen molar-refractivity contribution in [2.45, 2.75) is 33.8 Å². The highest BCUT2D eigenvalue weighted by atomic mass is 16.5. The molecule has 0 aromatic heterocycles. The third kappa shape index (κ3) is 28.2. The van der Waals surface area contributed by atoms with Crippen molar-refractivity contribution in [3.05, 3.63) is 0 Å². The lowest BCUT2D eigenvalue weighted by Gasteiger charge is -2.01. The molecule has 0 aliphatic carbocycles. The second-order valence-electron chi connectivity index (χ2n) is 1.88. The van der Waals surface area contributed by atoms with Gasteiger partial charge in [-0.1, -0.05) is 0 Å². The number of carbonyl (C=O) groups excluding carboxylic acids is 1. The van der Waals surface area contributed by atoms with Crippen LogP contribution in [-0.4, -0.2) is 12.1 Å². The average Bonchev–Trinajstić information content (AvgIpc) is 1.62. The minimum absolute atomic E-state index is 0.0255. The number of hydrogen-bond donors (Lipinski definition) is 0. The highest BCUT2D eigenvalue weighted by Gasteiger charge is 1.93. The molecule has 58 valence electrons. The summed E-state index contributed by atoms with van der Waals surface area (Å²) in [4.78, 5) is 10.0. The lowest BCUT2D eigenvalue weighted by atomic mass is 10.5. The van der Waals surface area contributed by atoms with Gasteiger partial charge in [0.25, 0.3) is 0 Å². The third-order valence-corrected chi connectivity index (χ3v) is 0.402. The van der Waals surface area contributed by atoms with Crippen LogP contribution in [0, 0.1) is 11.3 Å². The Balaban J connectivity index is 0. The zero-order chi connectivity index (χ0) is 8.57. The quantitative estimate of drug-likeness (QED) is 0.522. The van der Waals surface area contributed by atoms with Gasteiger partial charge in [0.1, 0.15) is 0 Å². The van der Waals surface area contributed by atoms with Crippen molar-refractivity contribution in [1.29, 1.82) is 5.26 Å². The molecular formula is C7H13NO2. The fraction of sp³-hybridized carbons (Fsp3) is 0.714. The summed E-state index contributed by atoms with van der Waals surface area (Å²) in [5, 5.41) is 7.32. The molecule has 0 aliphatic rings. The van der Waals surface area contributed by atoms with Crippen molar-refractivity contribution in [2.24, 2.45) is 0 Å². The fourth-order valence-electron chi connectivity index (χ4n) is 0.332. The van der Waals surface area contributed by atoms with E-state index >= 15 is 0 Å². The van der Waals surface area contributed by atoms with Crippen molar-refractivity contribution < 1.29 is 9.53 Å². The predicted octanol–water partition coefficient (Wildman–Crippen LogP) is 1.49. The Labute approximate surface area is 61.6 Å². The van der Waals surface area contributed by atoms with E-state index in [0.717, 1.165) is 0 Å². The molecule has 0 N–H and O–H groups in total. The summed E-state index contributed by atoms with van der Waals surface area (Å²) in [6.45, 7) is 6.48. The van der Waals surface area contributed by atoms with Gasteiger partial charge in [-0.05, 0) is 13.8 Å². The van der Waals surface area contributed by atoms with Crippen molar-refractivity contribution in [1.82, 2.24) is 0 Å². The Kier molecular flexibility index (Phi) is 9.33. The van der Waals surface area contributed by atoms with Gasteiger partial charge < -0.3 is 4.74 Å². The second kappa shape index (κ2) is 7.96. The van der Waals surface area contributed by atoms with E-state index in [0.29, 0.717) is 0 Å². The van der Waals surface area contributed by atoms with Crippen molar-refractivity contribution in [2.75, 3.05) is 0 Å². The molecule has 0 atom stereocenters. The Hall–Kier alpha value is -1.04. The molecule has 0 amide bonds. The van der Waals surface area contributed by atoms with Crippen LogP contribution in [0.1, 0.15) is 27.7 Å².